The predicted octanol–water partition coefficient (Wildman–Crippen LogP) is 1.71. The molecule has 3 rings (SSSR count). The summed E-state index contributed by atoms with van der Waals surface area (Å²) >= 11 is 0. The molecule has 1 aliphatic heterocycles. The molecule has 2 aromatic rings. The van der Waals surface area contributed by atoms with Crippen molar-refractivity contribution in [2.24, 2.45) is 0 Å². The molecule has 10 heteroatoms. The molecule has 1 aliphatic rings. The Labute approximate surface area is 171 Å². The number of furan rings is 1. The lowest BCUT2D eigenvalue weighted by Gasteiger charge is -2.09. The van der Waals surface area contributed by atoms with Gasteiger partial charge in [0.2, 0.25) is 5.76 Å². The fraction of sp³-hybridized carbons (Fsp3) is 0.200. The van der Waals surface area contributed by atoms with Crippen LogP contribution in [0.5, 0.6) is 5.75 Å². The maximum absolute atomic E-state index is 12.6. The summed E-state index contributed by atoms with van der Waals surface area (Å²) in [5, 5.41) is 2.49. The number of amides is 3. The van der Waals surface area contributed by atoms with Crippen LogP contribution >= 0.6 is 0 Å². The van der Waals surface area contributed by atoms with Crippen molar-refractivity contribution in [3.63, 3.8) is 0 Å². The van der Waals surface area contributed by atoms with Crippen LogP contribution in [-0.4, -0.2) is 49.6 Å². The molecule has 0 radical (unpaired) electrons. The van der Waals surface area contributed by atoms with Crippen LogP contribution in [0.3, 0.4) is 0 Å². The number of carbonyl (C=O) groups is 4. The van der Waals surface area contributed by atoms with Gasteiger partial charge in [-0.2, -0.15) is 0 Å². The number of urea groups is 1. The third kappa shape index (κ3) is 4.66. The van der Waals surface area contributed by atoms with Crippen molar-refractivity contribution in [2.45, 2.75) is 6.54 Å². The van der Waals surface area contributed by atoms with Gasteiger partial charge in [0.05, 0.1) is 20.8 Å². The van der Waals surface area contributed by atoms with Gasteiger partial charge < -0.3 is 23.9 Å². The van der Waals surface area contributed by atoms with Crippen molar-refractivity contribution in [1.29, 1.82) is 0 Å². The molecular weight excluding hydrogens is 396 g/mol. The van der Waals surface area contributed by atoms with Crippen molar-refractivity contribution >= 4 is 30.0 Å². The average Bonchev–Trinajstić information content (AvgIpc) is 3.32. The van der Waals surface area contributed by atoms with Gasteiger partial charge in [0.15, 0.2) is 6.61 Å². The van der Waals surface area contributed by atoms with Crippen molar-refractivity contribution in [3.8, 4) is 5.75 Å². The number of carbonyl (C=O) groups excluding carboxylic acids is 4. The summed E-state index contributed by atoms with van der Waals surface area (Å²) in [6.07, 6.45) is 1.48. The van der Waals surface area contributed by atoms with Gasteiger partial charge in [0.1, 0.15) is 17.2 Å². The molecule has 1 N–H and O–H groups in total. The lowest BCUT2D eigenvalue weighted by molar-refractivity contribution is -0.142. The molecule has 30 heavy (non-hydrogen) atoms. The Morgan fingerprint density at radius 3 is 2.67 bits per heavy atom. The highest BCUT2D eigenvalue weighted by Gasteiger charge is 2.34. The van der Waals surface area contributed by atoms with Crippen molar-refractivity contribution in [1.82, 2.24) is 10.2 Å². The third-order valence-electron chi connectivity index (χ3n) is 4.08. The van der Waals surface area contributed by atoms with E-state index in [4.69, 9.17) is 9.15 Å². The zero-order valence-electron chi connectivity index (χ0n) is 16.2. The second-order valence-electron chi connectivity index (χ2n) is 6.07. The van der Waals surface area contributed by atoms with Crippen LogP contribution in [0.15, 0.2) is 46.5 Å². The standard InChI is InChI=1S/C20H18N2O8/c1-27-17(23)11-29-13-5-3-4-12(8-13)9-15-18(24)22(20(26)21-15)10-14-6-7-16(30-14)19(25)28-2/h3-9H,10-11H2,1-2H3,(H,21,26). The summed E-state index contributed by atoms with van der Waals surface area (Å²) in [5.74, 6) is -1.13. The first-order valence-electron chi connectivity index (χ1n) is 8.72. The summed E-state index contributed by atoms with van der Waals surface area (Å²) in [5.41, 5.74) is 0.638. The van der Waals surface area contributed by atoms with Gasteiger partial charge in [0.25, 0.3) is 5.91 Å². The van der Waals surface area contributed by atoms with Crippen molar-refractivity contribution < 1.29 is 37.8 Å². The molecule has 0 aliphatic carbocycles. The van der Waals surface area contributed by atoms with Crippen LogP contribution in [0.25, 0.3) is 6.08 Å². The number of methoxy groups -OCH3 is 2. The lowest BCUT2D eigenvalue weighted by atomic mass is 10.2. The predicted molar refractivity (Wildman–Crippen MR) is 101 cm³/mol. The first-order valence-corrected chi connectivity index (χ1v) is 8.72. The molecule has 3 amide bonds. The second-order valence-corrected chi connectivity index (χ2v) is 6.07. The largest absolute Gasteiger partial charge is 0.482 e. The van der Waals surface area contributed by atoms with Gasteiger partial charge in [-0.05, 0) is 35.9 Å². The van der Waals surface area contributed by atoms with E-state index in [0.717, 1.165) is 4.90 Å². The minimum absolute atomic E-state index is 0.0286. The molecule has 1 aromatic carbocycles. The van der Waals surface area contributed by atoms with Crippen LogP contribution in [0.4, 0.5) is 4.79 Å². The van der Waals surface area contributed by atoms with Crippen molar-refractivity contribution in [2.75, 3.05) is 20.8 Å². The summed E-state index contributed by atoms with van der Waals surface area (Å²) < 4.78 is 19.7. The highest BCUT2D eigenvalue weighted by molar-refractivity contribution is 6.13. The van der Waals surface area contributed by atoms with Gasteiger partial charge in [0, 0.05) is 0 Å². The Hall–Kier alpha value is -4.08. The molecule has 0 spiro atoms. The van der Waals surface area contributed by atoms with Gasteiger partial charge in [-0.25, -0.2) is 14.4 Å². The smallest absolute Gasteiger partial charge is 0.373 e. The topological polar surface area (TPSA) is 124 Å². The first kappa shape index (κ1) is 20.6. The Bertz CT molecular complexity index is 1020. The van der Waals surface area contributed by atoms with Gasteiger partial charge in [-0.15, -0.1) is 0 Å². The Morgan fingerprint density at radius 2 is 1.93 bits per heavy atom. The number of rotatable bonds is 7. The van der Waals surface area contributed by atoms with Crippen LogP contribution < -0.4 is 10.1 Å². The summed E-state index contributed by atoms with van der Waals surface area (Å²) in [7, 11) is 2.47. The molecule has 0 bridgehead atoms. The number of ether oxygens (including phenoxy) is 3. The zero-order chi connectivity index (χ0) is 21.7. The van der Waals surface area contributed by atoms with Crippen LogP contribution in [-0.2, 0) is 25.6 Å². The Morgan fingerprint density at radius 1 is 1.13 bits per heavy atom. The second kappa shape index (κ2) is 8.95. The molecular formula is C20H18N2O8. The molecule has 0 saturated carbocycles. The van der Waals surface area contributed by atoms with E-state index in [0.29, 0.717) is 11.3 Å². The zero-order valence-corrected chi connectivity index (χ0v) is 16.2. The molecule has 1 fully saturated rings. The summed E-state index contributed by atoms with van der Waals surface area (Å²) in [6.45, 7) is -0.405. The summed E-state index contributed by atoms with van der Waals surface area (Å²) in [6, 6.07) is 8.88. The quantitative estimate of drug-likeness (QED) is 0.412. The van der Waals surface area contributed by atoms with E-state index in [1.54, 1.807) is 24.3 Å². The number of hydrogen-bond donors (Lipinski definition) is 1. The van der Waals surface area contributed by atoms with Crippen LogP contribution in [0, 0.1) is 0 Å². The minimum Gasteiger partial charge on any atom is -0.482 e. The number of imide groups is 1. The van der Waals surface area contributed by atoms with Gasteiger partial charge in [-0.3, -0.25) is 9.69 Å². The molecule has 0 unspecified atom stereocenters. The number of esters is 2. The normalized spacial score (nSPS) is 14.6. The summed E-state index contributed by atoms with van der Waals surface area (Å²) in [4.78, 5) is 48.4. The first-order chi connectivity index (χ1) is 14.4. The average molecular weight is 414 g/mol. The molecule has 10 nitrogen and oxygen atoms in total. The van der Waals surface area contributed by atoms with E-state index in [-0.39, 0.29) is 30.4 Å². The molecule has 1 saturated heterocycles. The van der Waals surface area contributed by atoms with Gasteiger partial charge >= 0.3 is 18.0 Å². The molecule has 1 aromatic heterocycles. The van der Waals surface area contributed by atoms with E-state index < -0.39 is 23.9 Å². The number of nitrogens with one attached hydrogen (secondary N) is 1. The molecule has 156 valence electrons. The number of nitrogens with zero attached hydrogens (tertiary/aromatic N) is 1. The van der Waals surface area contributed by atoms with E-state index in [1.165, 1.54) is 32.4 Å². The lowest BCUT2D eigenvalue weighted by Crippen LogP contribution is -2.30. The highest BCUT2D eigenvalue weighted by Crippen LogP contribution is 2.20. The highest BCUT2D eigenvalue weighted by atomic mass is 16.6. The maximum atomic E-state index is 12.6. The third-order valence-corrected chi connectivity index (χ3v) is 4.08. The Balaban J connectivity index is 1.71. The fourth-order valence-corrected chi connectivity index (χ4v) is 2.61. The molecule has 2 heterocycles. The molecule has 0 atom stereocenters. The maximum Gasteiger partial charge on any atom is 0.373 e. The van der Waals surface area contributed by atoms with E-state index in [1.807, 2.05) is 0 Å². The minimum atomic E-state index is -0.659. The van der Waals surface area contributed by atoms with E-state index >= 15 is 0 Å². The number of hydrogen-bond acceptors (Lipinski definition) is 8. The van der Waals surface area contributed by atoms with Crippen molar-refractivity contribution in [3.05, 3.63) is 59.2 Å². The monoisotopic (exact) mass is 414 g/mol. The fourth-order valence-electron chi connectivity index (χ4n) is 2.61. The number of benzene rings is 1. The van der Waals surface area contributed by atoms with Crippen LogP contribution in [0.1, 0.15) is 21.9 Å². The van der Waals surface area contributed by atoms with E-state index in [2.05, 4.69) is 14.8 Å². The Kier molecular flexibility index (Phi) is 6.16. The van der Waals surface area contributed by atoms with E-state index in [9.17, 15) is 19.2 Å². The SMILES string of the molecule is COC(=O)COc1cccc(C=C2NC(=O)N(Cc3ccc(C(=O)OC)o3)C2=O)c1. The van der Waals surface area contributed by atoms with Gasteiger partial charge in [-0.1, -0.05) is 12.1 Å². The van der Waals surface area contributed by atoms with Crippen LogP contribution in [0.2, 0.25) is 0 Å².